The number of nitrogens with one attached hydrogen (secondary N) is 1. The summed E-state index contributed by atoms with van der Waals surface area (Å²) in [4.78, 5) is 0. The van der Waals surface area contributed by atoms with E-state index in [0.717, 1.165) is 18.8 Å². The Labute approximate surface area is 247 Å². The molecule has 0 radical (unpaired) electrons. The first-order chi connectivity index (χ1) is 19.7. The van der Waals surface area contributed by atoms with Crippen molar-refractivity contribution < 1.29 is 0 Å². The molecular formula is C39H57N. The van der Waals surface area contributed by atoms with Gasteiger partial charge in [-0.2, -0.15) is 0 Å². The standard InChI is InChI=1S/C25H35N.C14H22/c1-2-22-10-7-8-12-23(22)11-6-4-3-5-9-21-13-15-24(16-14-21)25-17-19-26-20-18-25;1-4-7-8-14-11-12(5-2)9-10-13(14)6-3/h7-8,10,12-16,25-26H,2-6,9,11,17-20H2,1H3;9-11H,4-8H2,1-3H3. The summed E-state index contributed by atoms with van der Waals surface area (Å²) < 4.78 is 0. The topological polar surface area (TPSA) is 12.0 Å². The molecule has 1 heterocycles. The van der Waals surface area contributed by atoms with Gasteiger partial charge in [0.25, 0.3) is 0 Å². The Morgan fingerprint density at radius 1 is 0.550 bits per heavy atom. The van der Waals surface area contributed by atoms with Gasteiger partial charge in [-0.25, -0.2) is 0 Å². The predicted octanol–water partition coefficient (Wildman–Crippen LogP) is 10.2. The van der Waals surface area contributed by atoms with Gasteiger partial charge in [0.2, 0.25) is 0 Å². The van der Waals surface area contributed by atoms with Crippen LogP contribution in [0.25, 0.3) is 0 Å². The number of benzene rings is 3. The molecule has 1 fully saturated rings. The summed E-state index contributed by atoms with van der Waals surface area (Å²) in [5.74, 6) is 0.774. The molecule has 3 aromatic rings. The fourth-order valence-electron chi connectivity index (χ4n) is 6.10. The summed E-state index contributed by atoms with van der Waals surface area (Å²) in [6, 6.07) is 25.4. The highest BCUT2D eigenvalue weighted by Crippen LogP contribution is 2.25. The van der Waals surface area contributed by atoms with Gasteiger partial charge in [-0.3, -0.25) is 0 Å². The molecule has 3 aromatic carbocycles. The van der Waals surface area contributed by atoms with E-state index in [1.807, 2.05) is 0 Å². The molecule has 0 bridgehead atoms. The molecule has 1 heteroatoms. The van der Waals surface area contributed by atoms with Gasteiger partial charge >= 0.3 is 0 Å². The van der Waals surface area contributed by atoms with E-state index < -0.39 is 0 Å². The van der Waals surface area contributed by atoms with E-state index in [0.29, 0.717) is 0 Å². The Morgan fingerprint density at radius 3 is 1.80 bits per heavy atom. The Hall–Kier alpha value is -2.38. The van der Waals surface area contributed by atoms with Crippen molar-refractivity contribution in [3.8, 4) is 0 Å². The Balaban J connectivity index is 0.000000267. The van der Waals surface area contributed by atoms with Crippen LogP contribution in [0.5, 0.6) is 0 Å². The zero-order chi connectivity index (χ0) is 28.4. The molecule has 4 rings (SSSR count). The first-order valence-corrected chi connectivity index (χ1v) is 16.6. The van der Waals surface area contributed by atoms with Gasteiger partial charge in [-0.1, -0.05) is 114 Å². The fraction of sp³-hybridized carbons (Fsp3) is 0.538. The molecule has 1 aliphatic heterocycles. The average Bonchev–Trinajstić information content (AvgIpc) is 3.02. The highest BCUT2D eigenvalue weighted by Gasteiger charge is 2.14. The zero-order valence-electron chi connectivity index (χ0n) is 26.2. The van der Waals surface area contributed by atoms with Crippen molar-refractivity contribution in [3.63, 3.8) is 0 Å². The molecule has 1 nitrogen and oxygen atoms in total. The first kappa shape index (κ1) is 32.1. The van der Waals surface area contributed by atoms with Gasteiger partial charge in [0, 0.05) is 0 Å². The molecule has 1 saturated heterocycles. The molecule has 0 aromatic heterocycles. The smallest absolute Gasteiger partial charge is 0.00431 e. The van der Waals surface area contributed by atoms with Gasteiger partial charge in [0.1, 0.15) is 0 Å². The summed E-state index contributed by atoms with van der Waals surface area (Å²) in [6.07, 6.45) is 17.8. The van der Waals surface area contributed by atoms with Crippen molar-refractivity contribution in [3.05, 3.63) is 106 Å². The molecule has 218 valence electrons. The van der Waals surface area contributed by atoms with Crippen LogP contribution in [0, 0.1) is 0 Å². The van der Waals surface area contributed by atoms with E-state index >= 15 is 0 Å². The summed E-state index contributed by atoms with van der Waals surface area (Å²) in [7, 11) is 0. The first-order valence-electron chi connectivity index (χ1n) is 16.6. The quantitative estimate of drug-likeness (QED) is 0.201. The molecule has 40 heavy (non-hydrogen) atoms. The van der Waals surface area contributed by atoms with Crippen molar-refractivity contribution in [2.45, 2.75) is 124 Å². The van der Waals surface area contributed by atoms with Crippen LogP contribution in [0.1, 0.15) is 124 Å². The number of unbranched alkanes of at least 4 members (excludes halogenated alkanes) is 4. The SMILES string of the molecule is CCCCc1cc(CC)ccc1CC.CCc1ccccc1CCCCCCc1ccc(C2CCNCC2)cc1. The molecule has 0 unspecified atom stereocenters. The molecule has 0 saturated carbocycles. The lowest BCUT2D eigenvalue weighted by molar-refractivity contribution is 0.460. The van der Waals surface area contributed by atoms with Gasteiger partial charge in [-0.15, -0.1) is 0 Å². The third kappa shape index (κ3) is 10.9. The van der Waals surface area contributed by atoms with Crippen molar-refractivity contribution in [2.75, 3.05) is 13.1 Å². The number of hydrogen-bond donors (Lipinski definition) is 1. The fourth-order valence-corrected chi connectivity index (χ4v) is 6.10. The van der Waals surface area contributed by atoms with E-state index in [2.05, 4.69) is 99.7 Å². The third-order valence-corrected chi connectivity index (χ3v) is 8.81. The van der Waals surface area contributed by atoms with Gasteiger partial charge < -0.3 is 5.32 Å². The number of rotatable bonds is 14. The normalized spacial score (nSPS) is 13.6. The van der Waals surface area contributed by atoms with Crippen molar-refractivity contribution in [1.29, 1.82) is 0 Å². The lowest BCUT2D eigenvalue weighted by Gasteiger charge is -2.23. The second-order valence-electron chi connectivity index (χ2n) is 11.7. The number of hydrogen-bond acceptors (Lipinski definition) is 1. The molecule has 1 N–H and O–H groups in total. The summed E-state index contributed by atoms with van der Waals surface area (Å²) in [5.41, 5.74) is 10.7. The number of aryl methyl sites for hydroxylation is 6. The highest BCUT2D eigenvalue weighted by atomic mass is 14.9. The van der Waals surface area contributed by atoms with E-state index in [9.17, 15) is 0 Å². The Kier molecular flexibility index (Phi) is 15.2. The lowest BCUT2D eigenvalue weighted by atomic mass is 9.89. The highest BCUT2D eigenvalue weighted by molar-refractivity contribution is 5.32. The molecular weight excluding hydrogens is 482 g/mol. The minimum absolute atomic E-state index is 0.774. The maximum Gasteiger partial charge on any atom is -0.00431 e. The van der Waals surface area contributed by atoms with Gasteiger partial charge in [0.05, 0.1) is 0 Å². The van der Waals surface area contributed by atoms with E-state index in [-0.39, 0.29) is 0 Å². The van der Waals surface area contributed by atoms with Crippen molar-refractivity contribution in [1.82, 2.24) is 5.32 Å². The molecule has 0 amide bonds. The average molecular weight is 540 g/mol. The van der Waals surface area contributed by atoms with Gasteiger partial charge in [0.15, 0.2) is 0 Å². The largest absolute Gasteiger partial charge is 0.317 e. The van der Waals surface area contributed by atoms with Crippen LogP contribution in [0.4, 0.5) is 0 Å². The van der Waals surface area contributed by atoms with Crippen LogP contribution in [0.15, 0.2) is 66.7 Å². The predicted molar refractivity (Wildman–Crippen MR) is 177 cm³/mol. The van der Waals surface area contributed by atoms with Crippen molar-refractivity contribution in [2.24, 2.45) is 0 Å². The maximum absolute atomic E-state index is 3.46. The van der Waals surface area contributed by atoms with Gasteiger partial charge in [-0.05, 0) is 129 Å². The molecule has 1 aliphatic rings. The summed E-state index contributed by atoms with van der Waals surface area (Å²) >= 11 is 0. The van der Waals surface area contributed by atoms with E-state index in [1.54, 1.807) is 16.7 Å². The number of piperidine rings is 1. The van der Waals surface area contributed by atoms with Crippen LogP contribution in [-0.2, 0) is 38.5 Å². The van der Waals surface area contributed by atoms with Crippen molar-refractivity contribution >= 4 is 0 Å². The molecule has 0 spiro atoms. The van der Waals surface area contributed by atoms with Crippen LogP contribution < -0.4 is 5.32 Å². The second-order valence-corrected chi connectivity index (χ2v) is 11.7. The molecule has 0 aliphatic carbocycles. The zero-order valence-corrected chi connectivity index (χ0v) is 26.2. The van der Waals surface area contributed by atoms with E-state index in [1.165, 1.54) is 112 Å². The molecule has 0 atom stereocenters. The monoisotopic (exact) mass is 539 g/mol. The van der Waals surface area contributed by atoms with Crippen LogP contribution in [0.3, 0.4) is 0 Å². The van der Waals surface area contributed by atoms with Crippen LogP contribution in [-0.4, -0.2) is 13.1 Å². The maximum atomic E-state index is 3.46. The van der Waals surface area contributed by atoms with Crippen LogP contribution in [0.2, 0.25) is 0 Å². The summed E-state index contributed by atoms with van der Waals surface area (Å²) in [5, 5.41) is 3.46. The second kappa shape index (κ2) is 18.9. The van der Waals surface area contributed by atoms with E-state index in [4.69, 9.17) is 0 Å². The summed E-state index contributed by atoms with van der Waals surface area (Å²) in [6.45, 7) is 11.3. The Morgan fingerprint density at radius 2 is 1.15 bits per heavy atom. The minimum Gasteiger partial charge on any atom is -0.317 e. The third-order valence-electron chi connectivity index (χ3n) is 8.81. The van der Waals surface area contributed by atoms with Crippen LogP contribution >= 0.6 is 0 Å². The minimum atomic E-state index is 0.774. The Bertz CT molecular complexity index is 1070. The lowest BCUT2D eigenvalue weighted by Crippen LogP contribution is -2.26.